The summed E-state index contributed by atoms with van der Waals surface area (Å²) in [6, 6.07) is 8.22. The summed E-state index contributed by atoms with van der Waals surface area (Å²) in [4.78, 5) is 12.0. The molecule has 122 valence electrons. The van der Waals surface area contributed by atoms with Crippen molar-refractivity contribution in [3.63, 3.8) is 0 Å². The van der Waals surface area contributed by atoms with Crippen LogP contribution in [0, 0.1) is 6.92 Å². The molecule has 0 aliphatic heterocycles. The molecule has 0 atom stereocenters. The number of nitrogens with zero attached hydrogens (tertiary/aromatic N) is 2. The predicted octanol–water partition coefficient (Wildman–Crippen LogP) is 1.38. The second-order valence-electron chi connectivity index (χ2n) is 5.06. The average molecular weight is 335 g/mol. The molecule has 0 bridgehead atoms. The van der Waals surface area contributed by atoms with Crippen molar-refractivity contribution >= 4 is 21.6 Å². The van der Waals surface area contributed by atoms with Gasteiger partial charge in [0.2, 0.25) is 5.91 Å². The van der Waals surface area contributed by atoms with Gasteiger partial charge in [-0.05, 0) is 36.2 Å². The molecule has 2 aromatic rings. The van der Waals surface area contributed by atoms with Gasteiger partial charge in [-0.2, -0.15) is 0 Å². The molecule has 0 radical (unpaired) electrons. The highest BCUT2D eigenvalue weighted by molar-refractivity contribution is 7.90. The molecule has 0 saturated heterocycles. The van der Waals surface area contributed by atoms with Gasteiger partial charge in [-0.3, -0.25) is 4.79 Å². The van der Waals surface area contributed by atoms with Crippen LogP contribution >= 0.6 is 0 Å². The molecule has 0 aliphatic rings. The Bertz CT molecular complexity index is 817. The summed E-state index contributed by atoms with van der Waals surface area (Å²) in [5.41, 5.74) is 1.78. The van der Waals surface area contributed by atoms with Gasteiger partial charge in [0.25, 0.3) is 0 Å². The summed E-state index contributed by atoms with van der Waals surface area (Å²) < 4.78 is 27.8. The first-order chi connectivity index (χ1) is 10.8. The molecule has 2 rings (SSSR count). The van der Waals surface area contributed by atoms with Crippen LogP contribution in [-0.4, -0.2) is 37.9 Å². The third-order valence-corrected chi connectivity index (χ3v) is 4.10. The lowest BCUT2D eigenvalue weighted by atomic mass is 10.1. The quantitative estimate of drug-likeness (QED) is 0.886. The van der Waals surface area contributed by atoms with Crippen LogP contribution in [0.3, 0.4) is 0 Å². The largest absolute Gasteiger partial charge is 0.496 e. The fourth-order valence-electron chi connectivity index (χ4n) is 1.93. The van der Waals surface area contributed by atoms with Crippen LogP contribution in [0.5, 0.6) is 5.75 Å². The number of aromatic nitrogens is 2. The number of carbonyl (C=O) groups excluding carboxylic acids is 1. The minimum Gasteiger partial charge on any atom is -0.496 e. The van der Waals surface area contributed by atoms with Gasteiger partial charge >= 0.3 is 0 Å². The molecule has 1 aromatic carbocycles. The Labute approximate surface area is 134 Å². The molecular weight excluding hydrogens is 318 g/mol. The van der Waals surface area contributed by atoms with Crippen LogP contribution in [0.25, 0.3) is 0 Å². The van der Waals surface area contributed by atoms with Crippen LogP contribution in [0.1, 0.15) is 11.1 Å². The van der Waals surface area contributed by atoms with Gasteiger partial charge < -0.3 is 10.1 Å². The van der Waals surface area contributed by atoms with Crippen molar-refractivity contribution in [1.82, 2.24) is 10.2 Å². The van der Waals surface area contributed by atoms with Crippen molar-refractivity contribution < 1.29 is 17.9 Å². The summed E-state index contributed by atoms with van der Waals surface area (Å²) in [5.74, 6) is 0.631. The number of benzene rings is 1. The Morgan fingerprint density at radius 3 is 2.52 bits per heavy atom. The SMILES string of the molecule is COc1cc(CC(=O)Nc2ccc(S(C)(=O)=O)nn2)ccc1C. The molecule has 1 N–H and O–H groups in total. The molecular formula is C15H17N3O4S. The average Bonchev–Trinajstić information content (AvgIpc) is 2.48. The molecule has 1 aromatic heterocycles. The smallest absolute Gasteiger partial charge is 0.229 e. The molecule has 0 fully saturated rings. The van der Waals surface area contributed by atoms with Crippen LogP contribution in [0.4, 0.5) is 5.82 Å². The van der Waals surface area contributed by atoms with Gasteiger partial charge in [0.15, 0.2) is 20.7 Å². The lowest BCUT2D eigenvalue weighted by molar-refractivity contribution is -0.115. The van der Waals surface area contributed by atoms with E-state index in [0.717, 1.165) is 17.4 Å². The molecule has 8 heteroatoms. The predicted molar refractivity (Wildman–Crippen MR) is 85.2 cm³/mol. The minimum absolute atomic E-state index is 0.140. The maximum atomic E-state index is 12.0. The van der Waals surface area contributed by atoms with Gasteiger partial charge in [-0.25, -0.2) is 8.42 Å². The van der Waals surface area contributed by atoms with Crippen molar-refractivity contribution in [1.29, 1.82) is 0 Å². The normalized spacial score (nSPS) is 11.1. The van der Waals surface area contributed by atoms with E-state index in [1.807, 2.05) is 19.1 Å². The second kappa shape index (κ2) is 6.74. The lowest BCUT2D eigenvalue weighted by Gasteiger charge is -2.08. The first-order valence-corrected chi connectivity index (χ1v) is 8.66. The van der Waals surface area contributed by atoms with Gasteiger partial charge in [-0.1, -0.05) is 12.1 Å². The summed E-state index contributed by atoms with van der Waals surface area (Å²) in [6.45, 7) is 1.92. The van der Waals surface area contributed by atoms with Crippen molar-refractivity contribution in [3.8, 4) is 5.75 Å². The number of amides is 1. The zero-order chi connectivity index (χ0) is 17.0. The highest BCUT2D eigenvalue weighted by atomic mass is 32.2. The maximum Gasteiger partial charge on any atom is 0.229 e. The molecule has 0 saturated carbocycles. The second-order valence-corrected chi connectivity index (χ2v) is 7.02. The first kappa shape index (κ1) is 16.9. The zero-order valence-corrected chi connectivity index (χ0v) is 13.8. The van der Waals surface area contributed by atoms with E-state index in [4.69, 9.17) is 4.74 Å². The van der Waals surface area contributed by atoms with Gasteiger partial charge in [0.1, 0.15) is 5.75 Å². The number of sulfone groups is 1. The fourth-order valence-corrected chi connectivity index (χ4v) is 2.44. The van der Waals surface area contributed by atoms with Gasteiger partial charge in [0.05, 0.1) is 13.5 Å². The van der Waals surface area contributed by atoms with E-state index < -0.39 is 9.84 Å². The van der Waals surface area contributed by atoms with E-state index >= 15 is 0 Å². The van der Waals surface area contributed by atoms with Crippen LogP contribution in [-0.2, 0) is 21.1 Å². The van der Waals surface area contributed by atoms with E-state index in [9.17, 15) is 13.2 Å². The van der Waals surface area contributed by atoms with Crippen LogP contribution in [0.15, 0.2) is 35.4 Å². The van der Waals surface area contributed by atoms with E-state index in [-0.39, 0.29) is 23.2 Å². The van der Waals surface area contributed by atoms with Gasteiger partial charge in [0, 0.05) is 6.26 Å². The molecule has 1 amide bonds. The highest BCUT2D eigenvalue weighted by Crippen LogP contribution is 2.19. The topological polar surface area (TPSA) is 98.2 Å². The molecule has 23 heavy (non-hydrogen) atoms. The Morgan fingerprint density at radius 1 is 1.22 bits per heavy atom. The number of aryl methyl sites for hydroxylation is 1. The number of methoxy groups -OCH3 is 1. The number of ether oxygens (including phenoxy) is 1. The third-order valence-electron chi connectivity index (χ3n) is 3.12. The number of hydrogen-bond acceptors (Lipinski definition) is 6. The molecule has 0 spiro atoms. The van der Waals surface area contributed by atoms with E-state index in [1.54, 1.807) is 13.2 Å². The van der Waals surface area contributed by atoms with E-state index in [0.29, 0.717) is 5.75 Å². The summed E-state index contributed by atoms with van der Waals surface area (Å²) in [5, 5.41) is 9.70. The van der Waals surface area contributed by atoms with Crippen molar-refractivity contribution in [2.24, 2.45) is 0 Å². The molecule has 1 heterocycles. The molecule has 0 unspecified atom stereocenters. The number of rotatable bonds is 5. The third kappa shape index (κ3) is 4.49. The number of hydrogen-bond donors (Lipinski definition) is 1. The van der Waals surface area contributed by atoms with Crippen LogP contribution in [0.2, 0.25) is 0 Å². The monoisotopic (exact) mass is 335 g/mol. The summed E-state index contributed by atoms with van der Waals surface area (Å²) in [6.07, 6.45) is 1.19. The van der Waals surface area contributed by atoms with E-state index in [1.165, 1.54) is 12.1 Å². The standard InChI is InChI=1S/C15H17N3O4S/c1-10-4-5-11(8-12(10)22-2)9-14(19)16-13-6-7-15(18-17-13)23(3,20)21/h4-8H,9H2,1-3H3,(H,16,17,19). The highest BCUT2D eigenvalue weighted by Gasteiger charge is 2.11. The minimum atomic E-state index is -3.41. The van der Waals surface area contributed by atoms with E-state index in [2.05, 4.69) is 15.5 Å². The van der Waals surface area contributed by atoms with Crippen molar-refractivity contribution in [2.45, 2.75) is 18.4 Å². The molecule has 7 nitrogen and oxygen atoms in total. The van der Waals surface area contributed by atoms with Crippen molar-refractivity contribution in [2.75, 3.05) is 18.7 Å². The first-order valence-electron chi connectivity index (χ1n) is 6.77. The fraction of sp³-hybridized carbons (Fsp3) is 0.267. The Hall–Kier alpha value is -2.48. The number of nitrogens with one attached hydrogen (secondary N) is 1. The summed E-state index contributed by atoms with van der Waals surface area (Å²) in [7, 11) is -1.83. The number of anilines is 1. The lowest BCUT2D eigenvalue weighted by Crippen LogP contribution is -2.16. The zero-order valence-electron chi connectivity index (χ0n) is 13.0. The molecule has 0 aliphatic carbocycles. The Balaban J connectivity index is 2.05. The maximum absolute atomic E-state index is 12.0. The van der Waals surface area contributed by atoms with Crippen molar-refractivity contribution in [3.05, 3.63) is 41.5 Å². The summed E-state index contributed by atoms with van der Waals surface area (Å²) >= 11 is 0. The van der Waals surface area contributed by atoms with Gasteiger partial charge in [-0.15, -0.1) is 10.2 Å². The Morgan fingerprint density at radius 2 is 1.96 bits per heavy atom. The van der Waals surface area contributed by atoms with Crippen LogP contribution < -0.4 is 10.1 Å². The number of carbonyl (C=O) groups is 1. The Kier molecular flexibility index (Phi) is 4.95.